The number of thiophene rings is 2. The average molecular weight is 362 g/mol. The van der Waals surface area contributed by atoms with E-state index in [9.17, 15) is 0 Å². The summed E-state index contributed by atoms with van der Waals surface area (Å²) in [6.45, 7) is 0. The summed E-state index contributed by atoms with van der Waals surface area (Å²) in [6.07, 6.45) is 5.52. The van der Waals surface area contributed by atoms with Crippen molar-refractivity contribution in [3.63, 3.8) is 0 Å². The van der Waals surface area contributed by atoms with Crippen LogP contribution in [0.5, 0.6) is 0 Å². The van der Waals surface area contributed by atoms with Crippen LogP contribution in [0.25, 0.3) is 17.2 Å². The van der Waals surface area contributed by atoms with Gasteiger partial charge in [0.1, 0.15) is 0 Å². The molecule has 0 N–H and O–H groups in total. The van der Waals surface area contributed by atoms with Gasteiger partial charge in [0, 0.05) is 21.7 Å². The van der Waals surface area contributed by atoms with Crippen molar-refractivity contribution in [2.75, 3.05) is 0 Å². The van der Waals surface area contributed by atoms with Crippen LogP contribution in [0.1, 0.15) is 9.75 Å². The van der Waals surface area contributed by atoms with Gasteiger partial charge >= 0.3 is 0 Å². The van der Waals surface area contributed by atoms with Crippen LogP contribution in [0, 0.1) is 0 Å². The van der Waals surface area contributed by atoms with Crippen molar-refractivity contribution in [1.82, 2.24) is 0 Å². The van der Waals surface area contributed by atoms with E-state index in [1.807, 2.05) is 11.3 Å². The first-order valence-electron chi connectivity index (χ1n) is 4.48. The number of hydrogen-bond donors (Lipinski definition) is 0. The lowest BCUT2D eigenvalue weighted by Crippen LogP contribution is -1.76. The number of rotatable bonds is 0. The van der Waals surface area contributed by atoms with Crippen molar-refractivity contribution >= 4 is 60.6 Å². The predicted molar refractivity (Wildman–Crippen MR) is 75.8 cm³/mol. The third-order valence-electron chi connectivity index (χ3n) is 2.37. The highest BCUT2D eigenvalue weighted by atomic mass is 79.9. The van der Waals surface area contributed by atoms with E-state index in [4.69, 9.17) is 0 Å². The lowest BCUT2D eigenvalue weighted by molar-refractivity contribution is 1.37. The van der Waals surface area contributed by atoms with Crippen molar-refractivity contribution in [2.45, 2.75) is 6.42 Å². The van der Waals surface area contributed by atoms with E-state index in [-0.39, 0.29) is 0 Å². The fourth-order valence-corrected chi connectivity index (χ4v) is 5.02. The Morgan fingerprint density at radius 1 is 1.00 bits per heavy atom. The third-order valence-corrected chi connectivity index (χ3v) is 5.64. The molecule has 0 unspecified atom stereocenters. The second-order valence-corrected chi connectivity index (χ2v) is 8.30. The summed E-state index contributed by atoms with van der Waals surface area (Å²) in [5.41, 5.74) is 2.74. The van der Waals surface area contributed by atoms with E-state index in [2.05, 4.69) is 56.1 Å². The summed E-state index contributed by atoms with van der Waals surface area (Å²) in [6, 6.07) is 4.44. The molecule has 0 nitrogen and oxygen atoms in total. The molecule has 15 heavy (non-hydrogen) atoms. The molecule has 0 amide bonds. The Morgan fingerprint density at radius 3 is 2.60 bits per heavy atom. The summed E-state index contributed by atoms with van der Waals surface area (Å²) in [5.74, 6) is 0. The molecule has 0 atom stereocenters. The van der Waals surface area contributed by atoms with Gasteiger partial charge in [0.15, 0.2) is 0 Å². The van der Waals surface area contributed by atoms with E-state index < -0.39 is 0 Å². The fourth-order valence-electron chi connectivity index (χ4n) is 1.76. The molecule has 0 spiro atoms. The van der Waals surface area contributed by atoms with Crippen LogP contribution in [0.15, 0.2) is 25.8 Å². The van der Waals surface area contributed by atoms with Crippen LogP contribution in [-0.4, -0.2) is 0 Å². The van der Waals surface area contributed by atoms with Gasteiger partial charge in [-0.1, -0.05) is 6.08 Å². The van der Waals surface area contributed by atoms with Crippen LogP contribution < -0.4 is 0 Å². The number of fused-ring (bicyclic) bond motifs is 3. The van der Waals surface area contributed by atoms with Crippen LogP contribution in [-0.2, 0) is 6.42 Å². The minimum Gasteiger partial charge on any atom is -0.132 e. The highest BCUT2D eigenvalue weighted by molar-refractivity contribution is 9.11. The Hall–Kier alpha value is 0.1000. The molecule has 0 saturated heterocycles. The SMILES string of the molecule is Brc1cc2c(s1)C=CCc1sc(Br)cc1-2. The predicted octanol–water partition coefficient (Wildman–Crippen LogP) is 5.57. The van der Waals surface area contributed by atoms with Gasteiger partial charge in [0.05, 0.1) is 7.57 Å². The molecular weight excluding hydrogens is 356 g/mol. The average Bonchev–Trinajstić information content (AvgIpc) is 2.67. The normalized spacial score (nSPS) is 13.5. The van der Waals surface area contributed by atoms with Crippen molar-refractivity contribution in [2.24, 2.45) is 0 Å². The van der Waals surface area contributed by atoms with Gasteiger partial charge in [-0.25, -0.2) is 0 Å². The Balaban J connectivity index is 2.31. The molecule has 2 aromatic rings. The second kappa shape index (κ2) is 3.84. The van der Waals surface area contributed by atoms with Crippen LogP contribution >= 0.6 is 54.5 Å². The molecule has 0 aliphatic heterocycles. The van der Waals surface area contributed by atoms with Gasteiger partial charge in [-0.15, -0.1) is 22.7 Å². The van der Waals surface area contributed by atoms with E-state index in [0.717, 1.165) is 6.42 Å². The van der Waals surface area contributed by atoms with E-state index in [1.165, 1.54) is 28.5 Å². The van der Waals surface area contributed by atoms with E-state index in [0.29, 0.717) is 0 Å². The number of halogens is 2. The van der Waals surface area contributed by atoms with Gasteiger partial charge < -0.3 is 0 Å². The lowest BCUT2D eigenvalue weighted by atomic mass is 10.1. The van der Waals surface area contributed by atoms with Gasteiger partial charge in [0.25, 0.3) is 0 Å². The van der Waals surface area contributed by atoms with Crippen LogP contribution in [0.4, 0.5) is 0 Å². The Kier molecular flexibility index (Phi) is 2.63. The Labute approximate surface area is 113 Å². The smallest absolute Gasteiger partial charge is 0.0711 e. The van der Waals surface area contributed by atoms with E-state index in [1.54, 1.807) is 11.3 Å². The zero-order valence-electron chi connectivity index (χ0n) is 7.59. The second-order valence-electron chi connectivity index (χ2n) is 3.32. The molecule has 2 heterocycles. The standard InChI is InChI=1S/C11H6Br2S2/c12-10-4-6-7-5-11(13)15-9(7)3-1-2-8(6)14-10/h1-2,4-5H,3H2. The molecule has 0 fully saturated rings. The van der Waals surface area contributed by atoms with Crippen molar-refractivity contribution < 1.29 is 0 Å². The highest BCUT2D eigenvalue weighted by Gasteiger charge is 2.16. The molecular formula is C11H6Br2S2. The summed E-state index contributed by atoms with van der Waals surface area (Å²) in [5, 5.41) is 0. The minimum atomic E-state index is 1.05. The van der Waals surface area contributed by atoms with Gasteiger partial charge in [-0.2, -0.15) is 0 Å². The fraction of sp³-hybridized carbons (Fsp3) is 0.0909. The number of allylic oxidation sites excluding steroid dienone is 1. The van der Waals surface area contributed by atoms with Crippen LogP contribution in [0.2, 0.25) is 0 Å². The molecule has 3 rings (SSSR count). The zero-order chi connectivity index (χ0) is 10.4. The van der Waals surface area contributed by atoms with Gasteiger partial charge in [-0.05, 0) is 55.6 Å². The maximum atomic E-state index is 3.56. The zero-order valence-corrected chi connectivity index (χ0v) is 12.4. The maximum absolute atomic E-state index is 3.56. The van der Waals surface area contributed by atoms with Crippen LogP contribution in [0.3, 0.4) is 0 Å². The first kappa shape index (κ1) is 10.3. The first-order valence-corrected chi connectivity index (χ1v) is 7.70. The van der Waals surface area contributed by atoms with Gasteiger partial charge in [0.2, 0.25) is 0 Å². The van der Waals surface area contributed by atoms with Crippen molar-refractivity contribution in [3.8, 4) is 11.1 Å². The molecule has 2 aromatic heterocycles. The molecule has 0 aromatic carbocycles. The third kappa shape index (κ3) is 1.78. The molecule has 1 aliphatic rings. The summed E-state index contributed by atoms with van der Waals surface area (Å²) < 4.78 is 2.42. The topological polar surface area (TPSA) is 0 Å². The largest absolute Gasteiger partial charge is 0.132 e. The van der Waals surface area contributed by atoms with Gasteiger partial charge in [-0.3, -0.25) is 0 Å². The minimum absolute atomic E-state index is 1.05. The molecule has 4 heteroatoms. The molecule has 0 bridgehead atoms. The van der Waals surface area contributed by atoms with Crippen molar-refractivity contribution in [1.29, 1.82) is 0 Å². The molecule has 0 radical (unpaired) electrons. The Morgan fingerprint density at radius 2 is 1.73 bits per heavy atom. The lowest BCUT2D eigenvalue weighted by Gasteiger charge is -1.96. The highest BCUT2D eigenvalue weighted by Crippen LogP contribution is 2.43. The van der Waals surface area contributed by atoms with E-state index >= 15 is 0 Å². The summed E-state index contributed by atoms with van der Waals surface area (Å²) >= 11 is 10.7. The Bertz CT molecular complexity index is 549. The first-order chi connectivity index (χ1) is 7.24. The maximum Gasteiger partial charge on any atom is 0.0711 e. The summed E-state index contributed by atoms with van der Waals surface area (Å²) in [7, 11) is 0. The molecule has 0 saturated carbocycles. The van der Waals surface area contributed by atoms with Crippen molar-refractivity contribution in [3.05, 3.63) is 35.5 Å². The summed E-state index contributed by atoms with van der Waals surface area (Å²) in [4.78, 5) is 2.80. The molecule has 76 valence electrons. The monoisotopic (exact) mass is 360 g/mol. The quantitative estimate of drug-likeness (QED) is 0.575. The number of hydrogen-bond acceptors (Lipinski definition) is 2. The molecule has 1 aliphatic carbocycles.